The second-order valence-corrected chi connectivity index (χ2v) is 9.68. The van der Waals surface area contributed by atoms with Gasteiger partial charge in [0.2, 0.25) is 5.91 Å². The van der Waals surface area contributed by atoms with Gasteiger partial charge in [-0.15, -0.1) is 4.40 Å². The maximum Gasteiger partial charge on any atom is 0.284 e. The van der Waals surface area contributed by atoms with E-state index in [0.717, 1.165) is 40.7 Å². The first kappa shape index (κ1) is 22.0. The molecule has 1 aromatic heterocycles. The van der Waals surface area contributed by atoms with Gasteiger partial charge in [0, 0.05) is 36.8 Å². The van der Waals surface area contributed by atoms with Crippen LogP contribution in [0.15, 0.2) is 57.8 Å². The molecule has 32 heavy (non-hydrogen) atoms. The number of anilines is 1. The molecule has 1 fully saturated rings. The molecule has 8 heteroatoms. The number of fused-ring (bicyclic) bond motifs is 1. The maximum atomic E-state index is 12.8. The number of rotatable bonds is 5. The van der Waals surface area contributed by atoms with Crippen LogP contribution in [0.1, 0.15) is 29.7 Å². The van der Waals surface area contributed by atoms with Gasteiger partial charge >= 0.3 is 0 Å². The highest BCUT2D eigenvalue weighted by Crippen LogP contribution is 2.24. The van der Waals surface area contributed by atoms with E-state index in [9.17, 15) is 13.2 Å². The SMILES string of the molecule is Cc1nc2ccccc2c(C)c1CC(=O)Nc1cccc(S(=O)(=O)N=C2CCCN2C)c1. The van der Waals surface area contributed by atoms with Gasteiger partial charge in [-0.1, -0.05) is 24.3 Å². The van der Waals surface area contributed by atoms with Gasteiger partial charge in [-0.3, -0.25) is 9.78 Å². The molecule has 1 aliphatic heterocycles. The normalized spacial score (nSPS) is 15.5. The molecule has 2 heterocycles. The number of aromatic nitrogens is 1. The predicted molar refractivity (Wildman–Crippen MR) is 126 cm³/mol. The molecule has 0 unspecified atom stereocenters. The summed E-state index contributed by atoms with van der Waals surface area (Å²) in [5.74, 6) is 0.332. The van der Waals surface area contributed by atoms with Gasteiger partial charge < -0.3 is 10.2 Å². The number of benzene rings is 2. The molecular weight excluding hydrogens is 424 g/mol. The van der Waals surface area contributed by atoms with Gasteiger partial charge in [-0.25, -0.2) is 0 Å². The van der Waals surface area contributed by atoms with E-state index in [1.807, 2.05) is 50.1 Å². The van der Waals surface area contributed by atoms with Crippen LogP contribution in [0.4, 0.5) is 5.69 Å². The fourth-order valence-electron chi connectivity index (χ4n) is 4.03. The average molecular weight is 451 g/mol. The fraction of sp³-hybridized carbons (Fsp3) is 0.292. The van der Waals surface area contributed by atoms with Crippen molar-refractivity contribution in [3.63, 3.8) is 0 Å². The van der Waals surface area contributed by atoms with Crippen LogP contribution in [0.2, 0.25) is 0 Å². The molecule has 0 bridgehead atoms. The number of pyridine rings is 1. The molecule has 4 rings (SSSR count). The van der Waals surface area contributed by atoms with Crippen LogP contribution in [-0.4, -0.2) is 43.6 Å². The van der Waals surface area contributed by atoms with Crippen LogP contribution >= 0.6 is 0 Å². The van der Waals surface area contributed by atoms with E-state index in [1.54, 1.807) is 12.1 Å². The van der Waals surface area contributed by atoms with Crippen molar-refractivity contribution in [1.82, 2.24) is 9.88 Å². The first-order valence-corrected chi connectivity index (χ1v) is 12.0. The Morgan fingerprint density at radius 1 is 1.16 bits per heavy atom. The first-order valence-electron chi connectivity index (χ1n) is 10.5. The van der Waals surface area contributed by atoms with Crippen molar-refractivity contribution in [2.24, 2.45) is 4.40 Å². The van der Waals surface area contributed by atoms with Crippen molar-refractivity contribution in [3.05, 3.63) is 65.4 Å². The highest BCUT2D eigenvalue weighted by atomic mass is 32.2. The van der Waals surface area contributed by atoms with Crippen LogP contribution < -0.4 is 5.32 Å². The molecule has 0 spiro atoms. The van der Waals surface area contributed by atoms with E-state index < -0.39 is 10.0 Å². The molecule has 0 atom stereocenters. The maximum absolute atomic E-state index is 12.8. The second kappa shape index (κ2) is 8.70. The molecular formula is C24H26N4O3S. The van der Waals surface area contributed by atoms with E-state index in [1.165, 1.54) is 12.1 Å². The van der Waals surface area contributed by atoms with E-state index in [4.69, 9.17) is 0 Å². The minimum absolute atomic E-state index is 0.0582. The number of hydrogen-bond donors (Lipinski definition) is 1. The number of amides is 1. The number of carbonyl (C=O) groups is 1. The summed E-state index contributed by atoms with van der Waals surface area (Å²) >= 11 is 0. The Balaban J connectivity index is 1.54. The van der Waals surface area contributed by atoms with Crippen molar-refractivity contribution in [1.29, 1.82) is 0 Å². The third-order valence-corrected chi connectivity index (χ3v) is 7.10. The Hall–Kier alpha value is -3.26. The van der Waals surface area contributed by atoms with Gasteiger partial charge in [0.1, 0.15) is 5.84 Å². The summed E-state index contributed by atoms with van der Waals surface area (Å²) < 4.78 is 29.5. The average Bonchev–Trinajstić information content (AvgIpc) is 3.15. The van der Waals surface area contributed by atoms with Crippen molar-refractivity contribution in [3.8, 4) is 0 Å². The minimum atomic E-state index is -3.85. The monoisotopic (exact) mass is 450 g/mol. The molecule has 1 N–H and O–H groups in total. The van der Waals surface area contributed by atoms with E-state index in [-0.39, 0.29) is 17.2 Å². The zero-order chi connectivity index (χ0) is 22.9. The number of aryl methyl sites for hydroxylation is 2. The van der Waals surface area contributed by atoms with Gasteiger partial charge in [0.15, 0.2) is 0 Å². The third kappa shape index (κ3) is 4.50. The summed E-state index contributed by atoms with van der Waals surface area (Å²) in [7, 11) is -2.01. The van der Waals surface area contributed by atoms with Crippen molar-refractivity contribution in [2.75, 3.05) is 18.9 Å². The summed E-state index contributed by atoms with van der Waals surface area (Å²) in [4.78, 5) is 19.3. The molecule has 2 aromatic carbocycles. The summed E-state index contributed by atoms with van der Waals surface area (Å²) in [5, 5.41) is 3.84. The lowest BCUT2D eigenvalue weighted by molar-refractivity contribution is -0.115. The van der Waals surface area contributed by atoms with Gasteiger partial charge in [-0.2, -0.15) is 8.42 Å². The number of carbonyl (C=O) groups excluding carboxylic acids is 1. The molecule has 0 aliphatic carbocycles. The Labute approximate surface area is 188 Å². The Kier molecular flexibility index (Phi) is 5.97. The summed E-state index contributed by atoms with van der Waals surface area (Å²) in [5.41, 5.74) is 4.03. The van der Waals surface area contributed by atoms with Crippen molar-refractivity contribution in [2.45, 2.75) is 38.0 Å². The molecule has 1 amide bonds. The highest BCUT2D eigenvalue weighted by Gasteiger charge is 2.21. The standard InChI is InChI=1S/C24H26N4O3S/c1-16-20-10-4-5-11-22(20)25-17(2)21(16)15-24(29)26-18-8-6-9-19(14-18)32(30,31)27-23-12-7-13-28(23)3/h4-6,8-11,14H,7,12-13,15H2,1-3H3,(H,26,29). The molecule has 0 saturated carbocycles. The van der Waals surface area contributed by atoms with Crippen LogP contribution in [0.25, 0.3) is 10.9 Å². The number of likely N-dealkylation sites (tertiary alicyclic amines) is 1. The van der Waals surface area contributed by atoms with E-state index in [0.29, 0.717) is 17.9 Å². The molecule has 0 radical (unpaired) electrons. The molecule has 166 valence electrons. The largest absolute Gasteiger partial charge is 0.362 e. The summed E-state index contributed by atoms with van der Waals surface area (Å²) in [6, 6.07) is 14.1. The predicted octanol–water partition coefficient (Wildman–Crippen LogP) is 3.85. The number of amidine groups is 1. The molecule has 3 aromatic rings. The zero-order valence-electron chi connectivity index (χ0n) is 18.4. The summed E-state index contributed by atoms with van der Waals surface area (Å²) in [6.07, 6.45) is 1.69. The third-order valence-electron chi connectivity index (χ3n) is 5.80. The van der Waals surface area contributed by atoms with Crippen molar-refractivity contribution >= 4 is 38.4 Å². The quantitative estimate of drug-likeness (QED) is 0.638. The number of nitrogens with one attached hydrogen (secondary N) is 1. The van der Waals surface area contributed by atoms with Gasteiger partial charge in [0.05, 0.1) is 16.8 Å². The summed E-state index contributed by atoms with van der Waals surface area (Å²) in [6.45, 7) is 4.69. The Morgan fingerprint density at radius 3 is 2.69 bits per heavy atom. The number of para-hydroxylation sites is 1. The van der Waals surface area contributed by atoms with Gasteiger partial charge in [0.25, 0.3) is 10.0 Å². The number of hydrogen-bond acceptors (Lipinski definition) is 4. The minimum Gasteiger partial charge on any atom is -0.362 e. The highest BCUT2D eigenvalue weighted by molar-refractivity contribution is 7.90. The smallest absolute Gasteiger partial charge is 0.284 e. The number of nitrogens with zero attached hydrogens (tertiary/aromatic N) is 3. The van der Waals surface area contributed by atoms with E-state index in [2.05, 4.69) is 14.7 Å². The molecule has 1 aliphatic rings. The van der Waals surface area contributed by atoms with E-state index >= 15 is 0 Å². The van der Waals surface area contributed by atoms with Crippen molar-refractivity contribution < 1.29 is 13.2 Å². The van der Waals surface area contributed by atoms with Crippen LogP contribution in [0, 0.1) is 13.8 Å². The van der Waals surface area contributed by atoms with Crippen LogP contribution in [0.3, 0.4) is 0 Å². The molecule has 1 saturated heterocycles. The Morgan fingerprint density at radius 2 is 1.94 bits per heavy atom. The lowest BCUT2D eigenvalue weighted by Gasteiger charge is -2.13. The second-order valence-electron chi connectivity index (χ2n) is 8.08. The fourth-order valence-corrected chi connectivity index (χ4v) is 5.17. The van der Waals surface area contributed by atoms with Crippen LogP contribution in [0.5, 0.6) is 0 Å². The lowest BCUT2D eigenvalue weighted by atomic mass is 9.99. The first-order chi connectivity index (χ1) is 15.2. The van der Waals surface area contributed by atoms with Gasteiger partial charge in [-0.05, 0) is 55.7 Å². The van der Waals surface area contributed by atoms with Crippen LogP contribution in [-0.2, 0) is 21.2 Å². The Bertz CT molecular complexity index is 1330. The lowest BCUT2D eigenvalue weighted by Crippen LogP contribution is -2.20. The topological polar surface area (TPSA) is 91.7 Å². The number of sulfonamides is 1. The molecule has 7 nitrogen and oxygen atoms in total. The zero-order valence-corrected chi connectivity index (χ0v) is 19.2.